The van der Waals surface area contributed by atoms with Crippen LogP contribution in [0, 0.1) is 0 Å². The smallest absolute Gasteiger partial charge is 0.153 e. The largest absolute Gasteiger partial charge is 0.398 e. The third-order valence-electron chi connectivity index (χ3n) is 3.22. The van der Waals surface area contributed by atoms with Crippen molar-refractivity contribution in [2.75, 3.05) is 5.73 Å². The summed E-state index contributed by atoms with van der Waals surface area (Å²) in [4.78, 5) is 15.6. The van der Waals surface area contributed by atoms with Gasteiger partial charge in [0.2, 0.25) is 0 Å². The quantitative estimate of drug-likeness (QED) is 0.765. The first-order chi connectivity index (χ1) is 7.29. The fraction of sp³-hybridized carbons (Fsp3) is 0.500. The SMILES string of the molecule is Nc1cc(C2CC2)nc(C2CC2)c1C=O. The molecule has 2 fully saturated rings. The number of hydrogen-bond acceptors (Lipinski definition) is 3. The molecule has 2 aliphatic rings. The van der Waals surface area contributed by atoms with Crippen molar-refractivity contribution in [3.63, 3.8) is 0 Å². The molecule has 0 aromatic carbocycles. The van der Waals surface area contributed by atoms with Crippen LogP contribution in [-0.2, 0) is 0 Å². The van der Waals surface area contributed by atoms with Gasteiger partial charge in [-0.25, -0.2) is 0 Å². The molecule has 15 heavy (non-hydrogen) atoms. The van der Waals surface area contributed by atoms with Crippen molar-refractivity contribution in [1.82, 2.24) is 4.98 Å². The van der Waals surface area contributed by atoms with E-state index >= 15 is 0 Å². The lowest BCUT2D eigenvalue weighted by Crippen LogP contribution is -2.04. The van der Waals surface area contributed by atoms with Gasteiger partial charge in [0.05, 0.1) is 11.3 Å². The first-order valence-corrected chi connectivity index (χ1v) is 5.55. The summed E-state index contributed by atoms with van der Waals surface area (Å²) in [5.41, 5.74) is 9.18. The molecule has 1 aromatic rings. The summed E-state index contributed by atoms with van der Waals surface area (Å²) >= 11 is 0. The maximum Gasteiger partial charge on any atom is 0.153 e. The second-order valence-electron chi connectivity index (χ2n) is 4.60. The zero-order valence-electron chi connectivity index (χ0n) is 8.57. The Morgan fingerprint density at radius 1 is 1.27 bits per heavy atom. The summed E-state index contributed by atoms with van der Waals surface area (Å²) in [5.74, 6) is 1.09. The van der Waals surface area contributed by atoms with E-state index in [0.717, 1.165) is 30.5 Å². The highest BCUT2D eigenvalue weighted by Crippen LogP contribution is 2.45. The van der Waals surface area contributed by atoms with Gasteiger partial charge >= 0.3 is 0 Å². The summed E-state index contributed by atoms with van der Waals surface area (Å²) in [6.07, 6.45) is 5.60. The van der Waals surface area contributed by atoms with Gasteiger partial charge in [0, 0.05) is 23.2 Å². The van der Waals surface area contributed by atoms with Gasteiger partial charge in [0.25, 0.3) is 0 Å². The van der Waals surface area contributed by atoms with E-state index in [4.69, 9.17) is 5.73 Å². The number of nitrogens with zero attached hydrogens (tertiary/aromatic N) is 1. The number of anilines is 1. The zero-order chi connectivity index (χ0) is 10.4. The van der Waals surface area contributed by atoms with Crippen molar-refractivity contribution < 1.29 is 4.79 Å². The van der Waals surface area contributed by atoms with Crippen LogP contribution in [0.15, 0.2) is 6.07 Å². The lowest BCUT2D eigenvalue weighted by molar-refractivity contribution is 0.112. The van der Waals surface area contributed by atoms with E-state index in [0.29, 0.717) is 23.1 Å². The summed E-state index contributed by atoms with van der Waals surface area (Å²) in [6.45, 7) is 0. The van der Waals surface area contributed by atoms with Gasteiger partial charge < -0.3 is 5.73 Å². The number of hydrogen-bond donors (Lipinski definition) is 1. The third kappa shape index (κ3) is 1.52. The summed E-state index contributed by atoms with van der Waals surface area (Å²) < 4.78 is 0. The zero-order valence-corrected chi connectivity index (χ0v) is 8.57. The highest BCUT2D eigenvalue weighted by molar-refractivity contribution is 5.85. The van der Waals surface area contributed by atoms with Crippen molar-refractivity contribution in [2.24, 2.45) is 0 Å². The predicted octanol–water partition coefficient (Wildman–Crippen LogP) is 2.23. The Kier molecular flexibility index (Phi) is 1.81. The number of nitrogens with two attached hydrogens (primary N) is 1. The second-order valence-corrected chi connectivity index (χ2v) is 4.60. The summed E-state index contributed by atoms with van der Waals surface area (Å²) in [7, 11) is 0. The van der Waals surface area contributed by atoms with Crippen molar-refractivity contribution in [3.05, 3.63) is 23.0 Å². The first kappa shape index (κ1) is 8.89. The topological polar surface area (TPSA) is 56.0 Å². The van der Waals surface area contributed by atoms with Gasteiger partial charge in [-0.2, -0.15) is 0 Å². The average molecular weight is 202 g/mol. The van der Waals surface area contributed by atoms with Crippen LogP contribution in [0.5, 0.6) is 0 Å². The Hall–Kier alpha value is -1.38. The first-order valence-electron chi connectivity index (χ1n) is 5.55. The molecule has 78 valence electrons. The Balaban J connectivity index is 2.10. The van der Waals surface area contributed by atoms with Gasteiger partial charge in [-0.3, -0.25) is 9.78 Å². The minimum absolute atomic E-state index is 0.492. The monoisotopic (exact) mass is 202 g/mol. The summed E-state index contributed by atoms with van der Waals surface area (Å²) in [6, 6.07) is 1.88. The van der Waals surface area contributed by atoms with Crippen LogP contribution in [0.4, 0.5) is 5.69 Å². The number of nitrogen functional groups attached to an aromatic ring is 1. The summed E-state index contributed by atoms with van der Waals surface area (Å²) in [5, 5.41) is 0. The highest BCUT2D eigenvalue weighted by Gasteiger charge is 2.32. The lowest BCUT2D eigenvalue weighted by atomic mass is 10.1. The fourth-order valence-corrected chi connectivity index (χ4v) is 2.00. The third-order valence-corrected chi connectivity index (χ3v) is 3.22. The molecule has 0 radical (unpaired) electrons. The molecule has 3 nitrogen and oxygen atoms in total. The minimum Gasteiger partial charge on any atom is -0.398 e. The molecular weight excluding hydrogens is 188 g/mol. The van der Waals surface area contributed by atoms with E-state index < -0.39 is 0 Å². The highest BCUT2D eigenvalue weighted by atomic mass is 16.1. The van der Waals surface area contributed by atoms with Crippen LogP contribution in [0.2, 0.25) is 0 Å². The Morgan fingerprint density at radius 3 is 2.47 bits per heavy atom. The molecule has 0 spiro atoms. The van der Waals surface area contributed by atoms with Crippen molar-refractivity contribution in [2.45, 2.75) is 37.5 Å². The number of rotatable bonds is 3. The molecule has 0 bridgehead atoms. The van der Waals surface area contributed by atoms with E-state index in [9.17, 15) is 4.79 Å². The molecule has 0 amide bonds. The Morgan fingerprint density at radius 2 is 1.93 bits per heavy atom. The number of aromatic nitrogens is 1. The molecule has 2 aliphatic carbocycles. The average Bonchev–Trinajstić information content (AvgIpc) is 3.07. The van der Waals surface area contributed by atoms with Crippen LogP contribution >= 0.6 is 0 Å². The van der Waals surface area contributed by atoms with E-state index in [1.54, 1.807) is 0 Å². The Bertz CT molecular complexity index is 420. The van der Waals surface area contributed by atoms with Crippen molar-refractivity contribution in [1.29, 1.82) is 0 Å². The predicted molar refractivity (Wildman–Crippen MR) is 58.0 cm³/mol. The standard InChI is InChI=1S/C12H14N2O/c13-10-5-11(7-1-2-7)14-12(8-3-4-8)9(10)6-15/h5-8H,1-4H2,(H2,13,14). The van der Waals surface area contributed by atoms with E-state index in [1.807, 2.05) is 6.07 Å². The van der Waals surface area contributed by atoms with Gasteiger partial charge in [0.1, 0.15) is 0 Å². The molecule has 2 saturated carbocycles. The van der Waals surface area contributed by atoms with Crippen LogP contribution in [0.1, 0.15) is 59.3 Å². The number of aldehydes is 1. The van der Waals surface area contributed by atoms with E-state index in [1.165, 1.54) is 12.8 Å². The van der Waals surface area contributed by atoms with Crippen LogP contribution in [0.3, 0.4) is 0 Å². The minimum atomic E-state index is 0.492. The maximum atomic E-state index is 11.0. The molecular formula is C12H14N2O. The van der Waals surface area contributed by atoms with Gasteiger partial charge in [0.15, 0.2) is 6.29 Å². The molecule has 0 aliphatic heterocycles. The molecule has 0 unspecified atom stereocenters. The van der Waals surface area contributed by atoms with Crippen LogP contribution in [-0.4, -0.2) is 11.3 Å². The van der Waals surface area contributed by atoms with Gasteiger partial charge in [-0.1, -0.05) is 0 Å². The Labute approximate surface area is 88.7 Å². The van der Waals surface area contributed by atoms with Gasteiger partial charge in [-0.05, 0) is 31.7 Å². The normalized spacial score (nSPS) is 20.3. The molecule has 3 rings (SSSR count). The van der Waals surface area contributed by atoms with Gasteiger partial charge in [-0.15, -0.1) is 0 Å². The molecule has 3 heteroatoms. The van der Waals surface area contributed by atoms with Crippen LogP contribution in [0.25, 0.3) is 0 Å². The number of carbonyl (C=O) groups is 1. The molecule has 1 aromatic heterocycles. The fourth-order valence-electron chi connectivity index (χ4n) is 2.00. The molecule has 0 saturated heterocycles. The number of carbonyl (C=O) groups excluding carboxylic acids is 1. The van der Waals surface area contributed by atoms with Crippen molar-refractivity contribution in [3.8, 4) is 0 Å². The molecule has 1 heterocycles. The van der Waals surface area contributed by atoms with Crippen molar-refractivity contribution >= 4 is 12.0 Å². The number of pyridine rings is 1. The second kappa shape index (κ2) is 3.05. The van der Waals surface area contributed by atoms with E-state index in [2.05, 4.69) is 4.98 Å². The maximum absolute atomic E-state index is 11.0. The van der Waals surface area contributed by atoms with Crippen LogP contribution < -0.4 is 5.73 Å². The lowest BCUT2D eigenvalue weighted by Gasteiger charge is -2.08. The molecule has 2 N–H and O–H groups in total. The van der Waals surface area contributed by atoms with E-state index in [-0.39, 0.29) is 0 Å². The molecule has 0 atom stereocenters.